The van der Waals surface area contributed by atoms with E-state index in [1.54, 1.807) is 34.1 Å². The van der Waals surface area contributed by atoms with E-state index >= 15 is 0 Å². The summed E-state index contributed by atoms with van der Waals surface area (Å²) < 4.78 is 26.5. The Kier molecular flexibility index (Phi) is 7.57. The maximum Gasteiger partial charge on any atom is 0.254 e. The third kappa shape index (κ3) is 6.01. The molecule has 164 valence electrons. The number of halogens is 3. The molecule has 3 rings (SSSR count). The molecular weight excluding hydrogens is 428 g/mol. The van der Waals surface area contributed by atoms with Gasteiger partial charge in [-0.25, -0.2) is 8.78 Å². The second-order valence-electron chi connectivity index (χ2n) is 7.16. The number of piperazine rings is 1. The molecule has 0 aliphatic carbocycles. The summed E-state index contributed by atoms with van der Waals surface area (Å²) in [6.45, 7) is 1.94. The number of nitrogens with one attached hydrogen (secondary N) is 1. The van der Waals surface area contributed by atoms with Gasteiger partial charge in [-0.1, -0.05) is 11.6 Å². The van der Waals surface area contributed by atoms with Crippen LogP contribution in [-0.4, -0.2) is 60.2 Å². The van der Waals surface area contributed by atoms with E-state index in [4.69, 9.17) is 11.6 Å². The number of carbonyl (C=O) groups excluding carboxylic acids is 3. The van der Waals surface area contributed by atoms with Crippen LogP contribution in [-0.2, 0) is 4.79 Å². The van der Waals surface area contributed by atoms with Crippen molar-refractivity contribution in [1.82, 2.24) is 15.1 Å². The third-order valence-corrected chi connectivity index (χ3v) is 5.29. The molecule has 0 radical (unpaired) electrons. The predicted octanol–water partition coefficient (Wildman–Crippen LogP) is 3.11. The van der Waals surface area contributed by atoms with E-state index in [9.17, 15) is 23.2 Å². The van der Waals surface area contributed by atoms with E-state index < -0.39 is 17.5 Å². The van der Waals surface area contributed by atoms with Crippen LogP contribution in [0.25, 0.3) is 0 Å². The van der Waals surface area contributed by atoms with E-state index in [0.29, 0.717) is 49.3 Å². The van der Waals surface area contributed by atoms with Crippen molar-refractivity contribution in [2.75, 3.05) is 32.7 Å². The fourth-order valence-corrected chi connectivity index (χ4v) is 3.43. The second kappa shape index (κ2) is 10.3. The van der Waals surface area contributed by atoms with Crippen LogP contribution >= 0.6 is 11.6 Å². The van der Waals surface area contributed by atoms with Crippen molar-refractivity contribution >= 4 is 29.3 Å². The standard InChI is InChI=1S/C22H22ClF2N3O3/c23-16-5-3-15(4-6-16)22(31)28-12-10-27(11-13-28)20(29)2-1-9-26-21(30)18-8-7-17(24)14-19(18)25/h3-8,14H,1-2,9-13H2,(H,26,30). The Hall–Kier alpha value is -3.00. The molecule has 2 aromatic carbocycles. The lowest BCUT2D eigenvalue weighted by atomic mass is 10.1. The molecule has 0 aromatic heterocycles. The van der Waals surface area contributed by atoms with Crippen LogP contribution in [0.3, 0.4) is 0 Å². The third-order valence-electron chi connectivity index (χ3n) is 5.04. The number of amides is 3. The summed E-state index contributed by atoms with van der Waals surface area (Å²) in [6.07, 6.45) is 0.606. The molecule has 1 fully saturated rings. The van der Waals surface area contributed by atoms with Gasteiger partial charge in [-0.15, -0.1) is 0 Å². The Balaban J connectivity index is 1.38. The minimum Gasteiger partial charge on any atom is -0.352 e. The number of nitrogens with zero attached hydrogens (tertiary/aromatic N) is 2. The van der Waals surface area contributed by atoms with E-state index in [2.05, 4.69) is 5.32 Å². The van der Waals surface area contributed by atoms with Gasteiger partial charge in [-0.2, -0.15) is 0 Å². The summed E-state index contributed by atoms with van der Waals surface area (Å²) >= 11 is 5.85. The molecule has 0 atom stereocenters. The molecule has 0 saturated carbocycles. The van der Waals surface area contributed by atoms with Crippen LogP contribution in [0.5, 0.6) is 0 Å². The molecule has 1 N–H and O–H groups in total. The van der Waals surface area contributed by atoms with Crippen LogP contribution in [0.4, 0.5) is 8.78 Å². The van der Waals surface area contributed by atoms with Gasteiger partial charge >= 0.3 is 0 Å². The van der Waals surface area contributed by atoms with Crippen LogP contribution in [0.2, 0.25) is 5.02 Å². The smallest absolute Gasteiger partial charge is 0.254 e. The number of hydrogen-bond acceptors (Lipinski definition) is 3. The van der Waals surface area contributed by atoms with Crippen LogP contribution in [0.1, 0.15) is 33.6 Å². The maximum atomic E-state index is 13.6. The normalized spacial score (nSPS) is 13.8. The summed E-state index contributed by atoms with van der Waals surface area (Å²) in [4.78, 5) is 40.2. The van der Waals surface area contributed by atoms with Crippen molar-refractivity contribution in [3.63, 3.8) is 0 Å². The summed E-state index contributed by atoms with van der Waals surface area (Å²) in [6, 6.07) is 9.42. The molecule has 6 nitrogen and oxygen atoms in total. The first kappa shape index (κ1) is 22.7. The average molecular weight is 450 g/mol. The van der Waals surface area contributed by atoms with Crippen LogP contribution in [0.15, 0.2) is 42.5 Å². The lowest BCUT2D eigenvalue weighted by Gasteiger charge is -2.35. The van der Waals surface area contributed by atoms with Crippen molar-refractivity contribution in [3.8, 4) is 0 Å². The maximum absolute atomic E-state index is 13.6. The highest BCUT2D eigenvalue weighted by Gasteiger charge is 2.24. The van der Waals surface area contributed by atoms with Gasteiger partial charge in [0, 0.05) is 55.8 Å². The molecule has 0 spiro atoms. The predicted molar refractivity (Wildman–Crippen MR) is 112 cm³/mol. The molecule has 0 bridgehead atoms. The zero-order chi connectivity index (χ0) is 22.4. The molecular formula is C22H22ClF2N3O3. The first-order chi connectivity index (χ1) is 14.8. The first-order valence-electron chi connectivity index (χ1n) is 9.91. The molecule has 1 aliphatic heterocycles. The fraction of sp³-hybridized carbons (Fsp3) is 0.318. The highest BCUT2D eigenvalue weighted by Crippen LogP contribution is 2.14. The van der Waals surface area contributed by atoms with Crippen molar-refractivity contribution < 1.29 is 23.2 Å². The molecule has 1 heterocycles. The first-order valence-corrected chi connectivity index (χ1v) is 10.3. The Bertz CT molecular complexity index is 961. The second-order valence-corrected chi connectivity index (χ2v) is 7.60. The van der Waals surface area contributed by atoms with Gasteiger partial charge < -0.3 is 15.1 Å². The molecule has 3 amide bonds. The van der Waals surface area contributed by atoms with E-state index in [0.717, 1.165) is 12.1 Å². The van der Waals surface area contributed by atoms with Gasteiger partial charge in [-0.3, -0.25) is 14.4 Å². The summed E-state index contributed by atoms with van der Waals surface area (Å²) in [5.41, 5.74) is 0.312. The Morgan fingerprint density at radius 1 is 0.935 bits per heavy atom. The molecule has 31 heavy (non-hydrogen) atoms. The molecule has 1 aliphatic rings. The minimum atomic E-state index is -0.931. The largest absolute Gasteiger partial charge is 0.352 e. The highest BCUT2D eigenvalue weighted by atomic mass is 35.5. The molecule has 9 heteroatoms. The number of carbonyl (C=O) groups is 3. The average Bonchev–Trinajstić information content (AvgIpc) is 2.76. The molecule has 1 saturated heterocycles. The summed E-state index contributed by atoms with van der Waals surface area (Å²) in [7, 11) is 0. The van der Waals surface area contributed by atoms with Crippen molar-refractivity contribution in [1.29, 1.82) is 0 Å². The SMILES string of the molecule is O=C(NCCCC(=O)N1CCN(C(=O)c2ccc(Cl)cc2)CC1)c1ccc(F)cc1F. The van der Waals surface area contributed by atoms with E-state index in [-0.39, 0.29) is 30.3 Å². The summed E-state index contributed by atoms with van der Waals surface area (Å²) in [5, 5.41) is 3.09. The van der Waals surface area contributed by atoms with Crippen molar-refractivity contribution in [3.05, 3.63) is 70.2 Å². The molecule has 2 aromatic rings. The topological polar surface area (TPSA) is 69.7 Å². The van der Waals surface area contributed by atoms with Gasteiger partial charge in [-0.05, 0) is 42.8 Å². The van der Waals surface area contributed by atoms with Crippen molar-refractivity contribution in [2.24, 2.45) is 0 Å². The quantitative estimate of drug-likeness (QED) is 0.689. The zero-order valence-corrected chi connectivity index (χ0v) is 17.5. The fourth-order valence-electron chi connectivity index (χ4n) is 3.30. The summed E-state index contributed by atoms with van der Waals surface area (Å²) in [5.74, 6) is -2.51. The lowest BCUT2D eigenvalue weighted by Crippen LogP contribution is -2.50. The van der Waals surface area contributed by atoms with Gasteiger partial charge in [0.25, 0.3) is 11.8 Å². The Labute approximate surface area is 183 Å². The van der Waals surface area contributed by atoms with E-state index in [1.807, 2.05) is 0 Å². The van der Waals surface area contributed by atoms with Gasteiger partial charge in [0.2, 0.25) is 5.91 Å². The number of hydrogen-bond donors (Lipinski definition) is 1. The van der Waals surface area contributed by atoms with Gasteiger partial charge in [0.1, 0.15) is 11.6 Å². The van der Waals surface area contributed by atoms with Crippen molar-refractivity contribution in [2.45, 2.75) is 12.8 Å². The highest BCUT2D eigenvalue weighted by molar-refractivity contribution is 6.30. The van der Waals surface area contributed by atoms with E-state index in [1.165, 1.54) is 0 Å². The molecule has 0 unspecified atom stereocenters. The monoisotopic (exact) mass is 449 g/mol. The van der Waals surface area contributed by atoms with Crippen LogP contribution < -0.4 is 5.32 Å². The zero-order valence-electron chi connectivity index (χ0n) is 16.7. The van der Waals surface area contributed by atoms with Gasteiger partial charge in [0.15, 0.2) is 0 Å². The Morgan fingerprint density at radius 2 is 1.58 bits per heavy atom. The lowest BCUT2D eigenvalue weighted by molar-refractivity contribution is -0.132. The number of rotatable bonds is 6. The van der Waals surface area contributed by atoms with Gasteiger partial charge in [0.05, 0.1) is 5.56 Å². The minimum absolute atomic E-state index is 0.0687. The van der Waals surface area contributed by atoms with Crippen LogP contribution in [0, 0.1) is 11.6 Å². The number of benzene rings is 2. The Morgan fingerprint density at radius 3 is 2.23 bits per heavy atom.